The third kappa shape index (κ3) is 5.82. The van der Waals surface area contributed by atoms with Crippen LogP contribution in [-0.4, -0.2) is 51.9 Å². The minimum absolute atomic E-state index is 0.179. The molecule has 0 radical (unpaired) electrons. The SMILES string of the molecule is Cc1ccc(S(=O)(=O)N(CC(=O)N2CCN(c3cccc(C)c3C)CC2)c2ccc(C(C)C)cc2)cc1. The lowest BCUT2D eigenvalue weighted by Crippen LogP contribution is -2.52. The molecule has 0 unspecified atom stereocenters. The van der Waals surface area contributed by atoms with Crippen LogP contribution in [0, 0.1) is 20.8 Å². The maximum Gasteiger partial charge on any atom is 0.264 e. The van der Waals surface area contributed by atoms with Crippen molar-refractivity contribution in [2.45, 2.75) is 45.4 Å². The van der Waals surface area contributed by atoms with E-state index in [9.17, 15) is 13.2 Å². The summed E-state index contributed by atoms with van der Waals surface area (Å²) in [6.07, 6.45) is 0. The lowest BCUT2D eigenvalue weighted by atomic mass is 10.0. The largest absolute Gasteiger partial charge is 0.368 e. The van der Waals surface area contributed by atoms with Crippen molar-refractivity contribution in [2.24, 2.45) is 0 Å². The molecule has 0 N–H and O–H groups in total. The van der Waals surface area contributed by atoms with Crippen LogP contribution in [0.4, 0.5) is 11.4 Å². The van der Waals surface area contributed by atoms with E-state index >= 15 is 0 Å². The summed E-state index contributed by atoms with van der Waals surface area (Å²) >= 11 is 0. The average molecular weight is 520 g/mol. The maximum atomic E-state index is 13.7. The molecule has 1 fully saturated rings. The topological polar surface area (TPSA) is 60.9 Å². The van der Waals surface area contributed by atoms with E-state index in [1.807, 2.05) is 19.1 Å². The Morgan fingerprint density at radius 2 is 1.49 bits per heavy atom. The number of carbonyl (C=O) groups excluding carboxylic acids is 1. The molecule has 0 bridgehead atoms. The maximum absolute atomic E-state index is 13.7. The minimum Gasteiger partial charge on any atom is -0.368 e. The van der Waals surface area contributed by atoms with Gasteiger partial charge >= 0.3 is 0 Å². The normalized spacial score (nSPS) is 14.2. The van der Waals surface area contributed by atoms with E-state index in [0.717, 1.165) is 11.1 Å². The molecule has 1 aliphatic rings. The molecule has 0 aromatic heterocycles. The number of sulfonamides is 1. The van der Waals surface area contributed by atoms with E-state index in [1.165, 1.54) is 21.1 Å². The quantitative estimate of drug-likeness (QED) is 0.426. The first kappa shape index (κ1) is 26.7. The summed E-state index contributed by atoms with van der Waals surface area (Å²) in [6.45, 7) is 12.6. The fourth-order valence-corrected chi connectivity index (χ4v) is 6.09. The molecule has 37 heavy (non-hydrogen) atoms. The van der Waals surface area contributed by atoms with Gasteiger partial charge in [0.05, 0.1) is 10.6 Å². The summed E-state index contributed by atoms with van der Waals surface area (Å²) in [7, 11) is -3.93. The van der Waals surface area contributed by atoms with Crippen LogP contribution < -0.4 is 9.21 Å². The number of carbonyl (C=O) groups is 1. The highest BCUT2D eigenvalue weighted by Gasteiger charge is 2.30. The molecule has 1 saturated heterocycles. The number of nitrogens with zero attached hydrogens (tertiary/aromatic N) is 3. The first-order valence-electron chi connectivity index (χ1n) is 12.9. The Kier molecular flexibility index (Phi) is 7.93. The summed E-state index contributed by atoms with van der Waals surface area (Å²) < 4.78 is 28.7. The highest BCUT2D eigenvalue weighted by molar-refractivity contribution is 7.92. The summed E-state index contributed by atoms with van der Waals surface area (Å²) in [5.74, 6) is 0.135. The predicted molar refractivity (Wildman–Crippen MR) is 151 cm³/mol. The standard InChI is InChI=1S/C30H37N3O3S/c1-22(2)26-11-13-27(14-12-26)33(37(35,36)28-15-9-23(3)10-16-28)21-30(34)32-19-17-31(18-20-32)29-8-6-7-24(4)25(29)5/h6-16,22H,17-21H2,1-5H3. The first-order chi connectivity index (χ1) is 17.6. The molecule has 3 aromatic carbocycles. The molecule has 4 rings (SSSR count). The second-order valence-electron chi connectivity index (χ2n) is 10.2. The van der Waals surface area contributed by atoms with Gasteiger partial charge in [-0.3, -0.25) is 9.10 Å². The monoisotopic (exact) mass is 519 g/mol. The van der Waals surface area contributed by atoms with E-state index in [-0.39, 0.29) is 17.3 Å². The lowest BCUT2D eigenvalue weighted by molar-refractivity contribution is -0.129. The van der Waals surface area contributed by atoms with Crippen molar-refractivity contribution >= 4 is 27.3 Å². The van der Waals surface area contributed by atoms with Gasteiger partial charge in [0.25, 0.3) is 10.0 Å². The highest BCUT2D eigenvalue weighted by Crippen LogP contribution is 2.27. The molecule has 0 atom stereocenters. The number of hydrogen-bond acceptors (Lipinski definition) is 4. The smallest absolute Gasteiger partial charge is 0.264 e. The number of hydrogen-bond donors (Lipinski definition) is 0. The molecule has 1 heterocycles. The average Bonchev–Trinajstić information content (AvgIpc) is 2.89. The Labute approximate surface area is 221 Å². The summed E-state index contributed by atoms with van der Waals surface area (Å²) in [5, 5.41) is 0. The Morgan fingerprint density at radius 1 is 0.865 bits per heavy atom. The Hall–Kier alpha value is -3.32. The van der Waals surface area contributed by atoms with Gasteiger partial charge in [-0.2, -0.15) is 0 Å². The summed E-state index contributed by atoms with van der Waals surface area (Å²) in [5.41, 5.74) is 6.28. The number of rotatable bonds is 7. The molecule has 0 spiro atoms. The van der Waals surface area contributed by atoms with Gasteiger partial charge in [0.2, 0.25) is 5.91 Å². The van der Waals surface area contributed by atoms with E-state index < -0.39 is 10.0 Å². The summed E-state index contributed by atoms with van der Waals surface area (Å²) in [4.78, 5) is 17.7. The predicted octanol–water partition coefficient (Wildman–Crippen LogP) is 5.28. The molecule has 3 aromatic rings. The lowest BCUT2D eigenvalue weighted by Gasteiger charge is -2.38. The van der Waals surface area contributed by atoms with Crippen LogP contribution in [0.2, 0.25) is 0 Å². The van der Waals surface area contributed by atoms with Gasteiger partial charge in [0, 0.05) is 31.9 Å². The molecule has 1 amide bonds. The fraction of sp³-hybridized carbons (Fsp3) is 0.367. The molecule has 196 valence electrons. The van der Waals surface area contributed by atoms with Gasteiger partial charge in [-0.25, -0.2) is 8.42 Å². The first-order valence-corrected chi connectivity index (χ1v) is 14.3. The van der Waals surface area contributed by atoms with Crippen LogP contribution in [0.25, 0.3) is 0 Å². The van der Waals surface area contributed by atoms with E-state index in [0.29, 0.717) is 37.8 Å². The number of benzene rings is 3. The van der Waals surface area contributed by atoms with Crippen molar-refractivity contribution < 1.29 is 13.2 Å². The number of aryl methyl sites for hydroxylation is 2. The minimum atomic E-state index is -3.93. The van der Waals surface area contributed by atoms with Crippen molar-refractivity contribution in [3.05, 3.63) is 89.0 Å². The zero-order valence-electron chi connectivity index (χ0n) is 22.4. The van der Waals surface area contributed by atoms with Crippen molar-refractivity contribution in [3.8, 4) is 0 Å². The second-order valence-corrected chi connectivity index (χ2v) is 12.0. The second kappa shape index (κ2) is 11.0. The van der Waals surface area contributed by atoms with Crippen LogP contribution in [0.3, 0.4) is 0 Å². The van der Waals surface area contributed by atoms with Gasteiger partial charge in [-0.05, 0) is 73.7 Å². The third-order valence-corrected chi connectivity index (χ3v) is 9.07. The fourth-order valence-electron chi connectivity index (χ4n) is 4.68. The van der Waals surface area contributed by atoms with Crippen molar-refractivity contribution in [1.82, 2.24) is 4.90 Å². The molecule has 0 aliphatic carbocycles. The zero-order valence-corrected chi connectivity index (χ0v) is 23.3. The molecular formula is C30H37N3O3S. The Morgan fingerprint density at radius 3 is 2.08 bits per heavy atom. The highest BCUT2D eigenvalue weighted by atomic mass is 32.2. The molecule has 1 aliphatic heterocycles. The van der Waals surface area contributed by atoms with Crippen LogP contribution in [0.5, 0.6) is 0 Å². The molecule has 6 nitrogen and oxygen atoms in total. The van der Waals surface area contributed by atoms with Crippen molar-refractivity contribution in [3.63, 3.8) is 0 Å². The van der Waals surface area contributed by atoms with Crippen LogP contribution >= 0.6 is 0 Å². The van der Waals surface area contributed by atoms with Gasteiger partial charge < -0.3 is 9.80 Å². The Bertz CT molecular complexity index is 1340. The van der Waals surface area contributed by atoms with E-state index in [1.54, 1.807) is 41.3 Å². The zero-order chi connectivity index (χ0) is 26.7. The van der Waals surface area contributed by atoms with Crippen LogP contribution in [-0.2, 0) is 14.8 Å². The third-order valence-electron chi connectivity index (χ3n) is 7.28. The van der Waals surface area contributed by atoms with E-state index in [2.05, 4.69) is 50.8 Å². The summed E-state index contributed by atoms with van der Waals surface area (Å²) in [6, 6.07) is 20.5. The number of piperazine rings is 1. The van der Waals surface area contributed by atoms with Crippen molar-refractivity contribution in [1.29, 1.82) is 0 Å². The van der Waals surface area contributed by atoms with Gasteiger partial charge in [-0.1, -0.05) is 55.8 Å². The van der Waals surface area contributed by atoms with Crippen LogP contribution in [0.1, 0.15) is 42.0 Å². The van der Waals surface area contributed by atoms with E-state index in [4.69, 9.17) is 0 Å². The Balaban J connectivity index is 1.55. The molecular weight excluding hydrogens is 482 g/mol. The molecule has 7 heteroatoms. The number of amides is 1. The van der Waals surface area contributed by atoms with Gasteiger partial charge in [0.1, 0.15) is 6.54 Å². The van der Waals surface area contributed by atoms with Gasteiger partial charge in [0.15, 0.2) is 0 Å². The van der Waals surface area contributed by atoms with Crippen molar-refractivity contribution in [2.75, 3.05) is 41.9 Å². The molecule has 0 saturated carbocycles. The van der Waals surface area contributed by atoms with Crippen LogP contribution in [0.15, 0.2) is 71.6 Å². The van der Waals surface area contributed by atoms with Gasteiger partial charge in [-0.15, -0.1) is 0 Å². The number of anilines is 2.